The van der Waals surface area contributed by atoms with Crippen molar-refractivity contribution in [2.75, 3.05) is 12.3 Å². The van der Waals surface area contributed by atoms with Gasteiger partial charge in [0.1, 0.15) is 5.75 Å². The van der Waals surface area contributed by atoms with Gasteiger partial charge in [0.05, 0.1) is 12.1 Å². The maximum Gasteiger partial charge on any atom is 0.220 e. The minimum atomic E-state index is 0.298. The van der Waals surface area contributed by atoms with Crippen molar-refractivity contribution in [1.82, 2.24) is 9.97 Å². The van der Waals surface area contributed by atoms with Gasteiger partial charge in [-0.25, -0.2) is 9.97 Å². The molecule has 16 heavy (non-hydrogen) atoms. The topological polar surface area (TPSA) is 61.0 Å². The Bertz CT molecular complexity index is 523. The third kappa shape index (κ3) is 1.91. The zero-order valence-electron chi connectivity index (χ0n) is 8.89. The van der Waals surface area contributed by atoms with Crippen molar-refractivity contribution in [3.63, 3.8) is 0 Å². The van der Waals surface area contributed by atoms with Crippen molar-refractivity contribution < 1.29 is 4.74 Å². The van der Waals surface area contributed by atoms with E-state index < -0.39 is 0 Å². The molecule has 0 unspecified atom stereocenters. The minimum absolute atomic E-state index is 0.298. The molecule has 0 atom stereocenters. The van der Waals surface area contributed by atoms with Crippen LogP contribution in [0.4, 0.5) is 5.95 Å². The van der Waals surface area contributed by atoms with Gasteiger partial charge in [0.15, 0.2) is 0 Å². The Balaban J connectivity index is 1.87. The highest BCUT2D eigenvalue weighted by molar-refractivity contribution is 5.79. The molecule has 1 heterocycles. The van der Waals surface area contributed by atoms with E-state index in [1.807, 2.05) is 18.2 Å². The Labute approximate surface area is 93.5 Å². The fourth-order valence-corrected chi connectivity index (χ4v) is 1.61. The second kappa shape index (κ2) is 3.63. The molecule has 4 heteroatoms. The van der Waals surface area contributed by atoms with Gasteiger partial charge < -0.3 is 10.5 Å². The summed E-state index contributed by atoms with van der Waals surface area (Å²) in [7, 11) is 0. The number of benzene rings is 1. The van der Waals surface area contributed by atoms with E-state index in [1.54, 1.807) is 6.20 Å². The average molecular weight is 215 g/mol. The van der Waals surface area contributed by atoms with E-state index in [9.17, 15) is 0 Å². The zero-order valence-corrected chi connectivity index (χ0v) is 8.89. The first-order chi connectivity index (χ1) is 7.81. The molecule has 1 aromatic heterocycles. The van der Waals surface area contributed by atoms with Gasteiger partial charge in [0, 0.05) is 17.6 Å². The zero-order chi connectivity index (χ0) is 11.0. The third-order valence-electron chi connectivity index (χ3n) is 2.76. The van der Waals surface area contributed by atoms with E-state index in [0.29, 0.717) is 5.95 Å². The van der Waals surface area contributed by atoms with Gasteiger partial charge in [-0.1, -0.05) is 0 Å². The lowest BCUT2D eigenvalue weighted by atomic mass is 10.2. The molecule has 82 valence electrons. The number of aromatic nitrogens is 2. The number of nitrogens with zero attached hydrogens (tertiary/aromatic N) is 2. The molecule has 1 aromatic carbocycles. The summed E-state index contributed by atoms with van der Waals surface area (Å²) in [6, 6.07) is 5.82. The summed E-state index contributed by atoms with van der Waals surface area (Å²) >= 11 is 0. The summed E-state index contributed by atoms with van der Waals surface area (Å²) in [5.41, 5.74) is 6.38. The number of hydrogen-bond donors (Lipinski definition) is 1. The molecule has 1 aliphatic carbocycles. The molecule has 2 aromatic rings. The number of ether oxygens (including phenoxy) is 1. The molecule has 1 saturated carbocycles. The molecule has 0 radical (unpaired) electrons. The van der Waals surface area contributed by atoms with E-state index in [4.69, 9.17) is 10.5 Å². The van der Waals surface area contributed by atoms with E-state index in [2.05, 4.69) is 9.97 Å². The normalized spacial score (nSPS) is 15.2. The first-order valence-corrected chi connectivity index (χ1v) is 5.46. The monoisotopic (exact) mass is 215 g/mol. The lowest BCUT2D eigenvalue weighted by Crippen LogP contribution is -1.99. The fraction of sp³-hybridized carbons (Fsp3) is 0.333. The van der Waals surface area contributed by atoms with Gasteiger partial charge in [-0.3, -0.25) is 0 Å². The number of anilines is 1. The Morgan fingerprint density at radius 2 is 2.25 bits per heavy atom. The average Bonchev–Trinajstić information content (AvgIpc) is 3.09. The number of nitrogens with two attached hydrogens (primary N) is 1. The smallest absolute Gasteiger partial charge is 0.220 e. The van der Waals surface area contributed by atoms with Crippen molar-refractivity contribution >= 4 is 16.9 Å². The van der Waals surface area contributed by atoms with Crippen LogP contribution >= 0.6 is 0 Å². The van der Waals surface area contributed by atoms with Crippen molar-refractivity contribution in [1.29, 1.82) is 0 Å². The number of rotatable bonds is 3. The van der Waals surface area contributed by atoms with Crippen molar-refractivity contribution in [2.45, 2.75) is 12.8 Å². The highest BCUT2D eigenvalue weighted by Crippen LogP contribution is 2.30. The lowest BCUT2D eigenvalue weighted by molar-refractivity contribution is 0.300. The van der Waals surface area contributed by atoms with Crippen LogP contribution < -0.4 is 10.5 Å². The molecule has 0 spiro atoms. The van der Waals surface area contributed by atoms with Crippen LogP contribution in [0.1, 0.15) is 12.8 Å². The SMILES string of the molecule is Nc1ncc2ccc(OCC3CC3)cc2n1. The van der Waals surface area contributed by atoms with Crippen LogP contribution in [0.2, 0.25) is 0 Å². The Hall–Kier alpha value is -1.84. The summed E-state index contributed by atoms with van der Waals surface area (Å²) < 4.78 is 5.68. The summed E-state index contributed by atoms with van der Waals surface area (Å²) in [5.74, 6) is 1.91. The molecule has 0 aliphatic heterocycles. The van der Waals surface area contributed by atoms with Gasteiger partial charge in [-0.05, 0) is 30.9 Å². The van der Waals surface area contributed by atoms with Gasteiger partial charge in [-0.15, -0.1) is 0 Å². The van der Waals surface area contributed by atoms with E-state index in [1.165, 1.54) is 12.8 Å². The Kier molecular flexibility index (Phi) is 2.13. The number of hydrogen-bond acceptors (Lipinski definition) is 4. The Morgan fingerprint density at radius 3 is 3.06 bits per heavy atom. The van der Waals surface area contributed by atoms with Crippen molar-refractivity contribution in [2.24, 2.45) is 5.92 Å². The first kappa shape index (κ1) is 9.39. The molecule has 2 N–H and O–H groups in total. The number of nitrogen functional groups attached to an aromatic ring is 1. The van der Waals surface area contributed by atoms with Crippen LogP contribution in [-0.2, 0) is 0 Å². The first-order valence-electron chi connectivity index (χ1n) is 5.46. The van der Waals surface area contributed by atoms with Crippen LogP contribution in [0.3, 0.4) is 0 Å². The maximum atomic E-state index is 5.68. The van der Waals surface area contributed by atoms with Crippen molar-refractivity contribution in [3.05, 3.63) is 24.4 Å². The van der Waals surface area contributed by atoms with Crippen LogP contribution in [0.25, 0.3) is 10.9 Å². The van der Waals surface area contributed by atoms with Gasteiger partial charge in [0.2, 0.25) is 5.95 Å². The summed E-state index contributed by atoms with van der Waals surface area (Å²) in [4.78, 5) is 8.11. The maximum absolute atomic E-state index is 5.68. The van der Waals surface area contributed by atoms with Gasteiger partial charge in [-0.2, -0.15) is 0 Å². The van der Waals surface area contributed by atoms with E-state index in [-0.39, 0.29) is 0 Å². The van der Waals surface area contributed by atoms with Crippen LogP contribution in [0.15, 0.2) is 24.4 Å². The van der Waals surface area contributed by atoms with E-state index in [0.717, 1.165) is 29.2 Å². The van der Waals surface area contributed by atoms with Crippen molar-refractivity contribution in [3.8, 4) is 5.75 Å². The highest BCUT2D eigenvalue weighted by Gasteiger charge is 2.21. The largest absolute Gasteiger partial charge is 0.493 e. The molecular formula is C12H13N3O. The van der Waals surface area contributed by atoms with Crippen LogP contribution in [0, 0.1) is 5.92 Å². The minimum Gasteiger partial charge on any atom is -0.493 e. The molecule has 0 amide bonds. The summed E-state index contributed by atoms with van der Waals surface area (Å²) in [6.45, 7) is 0.812. The summed E-state index contributed by atoms with van der Waals surface area (Å²) in [5, 5.41) is 0.980. The lowest BCUT2D eigenvalue weighted by Gasteiger charge is -2.05. The van der Waals surface area contributed by atoms with Crippen LogP contribution in [-0.4, -0.2) is 16.6 Å². The second-order valence-corrected chi connectivity index (χ2v) is 4.20. The molecule has 1 fully saturated rings. The quantitative estimate of drug-likeness (QED) is 0.850. The second-order valence-electron chi connectivity index (χ2n) is 4.20. The van der Waals surface area contributed by atoms with Gasteiger partial charge >= 0.3 is 0 Å². The molecule has 4 nitrogen and oxygen atoms in total. The van der Waals surface area contributed by atoms with Crippen LogP contribution in [0.5, 0.6) is 5.75 Å². The molecular weight excluding hydrogens is 202 g/mol. The standard InChI is InChI=1S/C12H13N3O/c13-12-14-6-9-3-4-10(5-11(9)15-12)16-7-8-1-2-8/h3-6,8H,1-2,7H2,(H2,13,14,15). The molecule has 0 bridgehead atoms. The fourth-order valence-electron chi connectivity index (χ4n) is 1.61. The molecule has 3 rings (SSSR count). The molecule has 1 aliphatic rings. The van der Waals surface area contributed by atoms with Gasteiger partial charge in [0.25, 0.3) is 0 Å². The predicted molar refractivity (Wildman–Crippen MR) is 62.2 cm³/mol. The number of fused-ring (bicyclic) bond motifs is 1. The van der Waals surface area contributed by atoms with E-state index >= 15 is 0 Å². The highest BCUT2D eigenvalue weighted by atomic mass is 16.5. The third-order valence-corrected chi connectivity index (χ3v) is 2.76. The summed E-state index contributed by atoms with van der Waals surface area (Å²) in [6.07, 6.45) is 4.31. The molecule has 0 saturated heterocycles. The predicted octanol–water partition coefficient (Wildman–Crippen LogP) is 2.00. The Morgan fingerprint density at radius 1 is 1.38 bits per heavy atom.